The first-order chi connectivity index (χ1) is 9.84. The van der Waals surface area contributed by atoms with Gasteiger partial charge in [-0.05, 0) is 18.9 Å². The van der Waals surface area contributed by atoms with Crippen molar-refractivity contribution >= 4 is 21.9 Å². The van der Waals surface area contributed by atoms with Gasteiger partial charge in [0.15, 0.2) is 5.43 Å². The summed E-state index contributed by atoms with van der Waals surface area (Å²) < 4.78 is 2.32. The Balaban J connectivity index is 2.06. The van der Waals surface area contributed by atoms with Gasteiger partial charge in [-0.25, -0.2) is 9.97 Å². The second kappa shape index (κ2) is 4.47. The van der Waals surface area contributed by atoms with Gasteiger partial charge in [0.1, 0.15) is 6.20 Å². The maximum absolute atomic E-state index is 12.1. The summed E-state index contributed by atoms with van der Waals surface area (Å²) in [4.78, 5) is 18.5. The highest BCUT2D eigenvalue weighted by atomic mass is 16.1. The van der Waals surface area contributed by atoms with Crippen molar-refractivity contribution in [2.24, 2.45) is 0 Å². The molecule has 2 N–H and O–H groups in total. The molecular formula is C16H18N3O+. The minimum atomic E-state index is 0.0893. The van der Waals surface area contributed by atoms with Crippen molar-refractivity contribution in [2.75, 3.05) is 0 Å². The van der Waals surface area contributed by atoms with Crippen LogP contribution in [0.3, 0.4) is 0 Å². The van der Waals surface area contributed by atoms with Crippen molar-refractivity contribution in [3.8, 4) is 0 Å². The highest BCUT2D eigenvalue weighted by molar-refractivity contribution is 6.00. The van der Waals surface area contributed by atoms with E-state index in [2.05, 4.69) is 14.5 Å². The number of nitrogens with one attached hydrogen (secondary N) is 2. The Labute approximate surface area is 116 Å². The van der Waals surface area contributed by atoms with Crippen molar-refractivity contribution in [3.63, 3.8) is 0 Å². The lowest BCUT2D eigenvalue weighted by atomic mass is 9.94. The van der Waals surface area contributed by atoms with Crippen LogP contribution in [0.4, 0.5) is 0 Å². The quantitative estimate of drug-likeness (QED) is 0.725. The number of nitrogens with zero attached hydrogens (tertiary/aromatic N) is 1. The number of hydrogen-bond donors (Lipinski definition) is 1. The van der Waals surface area contributed by atoms with Crippen LogP contribution in [0, 0.1) is 0 Å². The van der Waals surface area contributed by atoms with Gasteiger partial charge in [-0.2, -0.15) is 0 Å². The zero-order chi connectivity index (χ0) is 13.5. The minimum absolute atomic E-state index is 0.0893. The summed E-state index contributed by atoms with van der Waals surface area (Å²) in [5.74, 6) is 0. The molecule has 20 heavy (non-hydrogen) atoms. The smallest absolute Gasteiger partial charge is 0.286 e. The van der Waals surface area contributed by atoms with Gasteiger partial charge >= 0.3 is 0 Å². The summed E-state index contributed by atoms with van der Waals surface area (Å²) in [5.41, 5.74) is 2.14. The fourth-order valence-electron chi connectivity index (χ4n) is 3.49. The van der Waals surface area contributed by atoms with Crippen LogP contribution < -0.4 is 10.4 Å². The number of H-pyrrole nitrogens is 2. The van der Waals surface area contributed by atoms with E-state index in [9.17, 15) is 4.79 Å². The molecule has 3 aromatic rings. The summed E-state index contributed by atoms with van der Waals surface area (Å²) in [6.07, 6.45) is 12.1. The molecule has 102 valence electrons. The predicted molar refractivity (Wildman–Crippen MR) is 78.7 cm³/mol. The van der Waals surface area contributed by atoms with Crippen molar-refractivity contribution in [1.82, 2.24) is 9.55 Å². The van der Waals surface area contributed by atoms with Crippen LogP contribution in [-0.4, -0.2) is 9.55 Å². The Hall–Kier alpha value is -2.10. The molecule has 1 saturated carbocycles. The third-order valence-electron chi connectivity index (χ3n) is 4.50. The molecule has 4 rings (SSSR count). The van der Waals surface area contributed by atoms with Gasteiger partial charge in [-0.1, -0.05) is 19.3 Å². The first-order valence-electron chi connectivity index (χ1n) is 7.37. The average Bonchev–Trinajstić information content (AvgIpc) is 2.97. The van der Waals surface area contributed by atoms with Gasteiger partial charge in [0.2, 0.25) is 0 Å². The Morgan fingerprint density at radius 3 is 2.85 bits per heavy atom. The molecule has 1 fully saturated rings. The molecule has 0 bridgehead atoms. The molecule has 1 aliphatic carbocycles. The van der Waals surface area contributed by atoms with E-state index in [4.69, 9.17) is 0 Å². The lowest BCUT2D eigenvalue weighted by Gasteiger charge is -2.26. The highest BCUT2D eigenvalue weighted by Gasteiger charge is 2.19. The summed E-state index contributed by atoms with van der Waals surface area (Å²) in [6.45, 7) is 0. The van der Waals surface area contributed by atoms with Crippen LogP contribution in [-0.2, 0) is 0 Å². The van der Waals surface area contributed by atoms with Gasteiger partial charge in [0.25, 0.3) is 5.65 Å². The lowest BCUT2D eigenvalue weighted by molar-refractivity contribution is -0.345. The van der Waals surface area contributed by atoms with Crippen molar-refractivity contribution < 1.29 is 4.98 Å². The van der Waals surface area contributed by atoms with Gasteiger partial charge in [-0.15, -0.1) is 0 Å². The van der Waals surface area contributed by atoms with Gasteiger partial charge in [0, 0.05) is 18.3 Å². The largest absolute Gasteiger partial charge is 0.343 e. The number of pyridine rings is 2. The molecule has 4 nitrogen and oxygen atoms in total. The number of hydrogen-bond acceptors (Lipinski definition) is 1. The highest BCUT2D eigenvalue weighted by Crippen LogP contribution is 2.31. The maximum Gasteiger partial charge on any atom is 0.286 e. The monoisotopic (exact) mass is 268 g/mol. The number of rotatable bonds is 1. The molecule has 3 aromatic heterocycles. The Morgan fingerprint density at radius 1 is 1.15 bits per heavy atom. The Kier molecular flexibility index (Phi) is 2.62. The molecule has 0 aliphatic heterocycles. The van der Waals surface area contributed by atoms with E-state index in [1.807, 2.05) is 24.7 Å². The Morgan fingerprint density at radius 2 is 2.00 bits per heavy atom. The van der Waals surface area contributed by atoms with Crippen LogP contribution in [0.25, 0.3) is 21.9 Å². The van der Waals surface area contributed by atoms with Gasteiger partial charge in [-0.3, -0.25) is 4.79 Å². The molecule has 0 spiro atoms. The third-order valence-corrected chi connectivity index (χ3v) is 4.50. The van der Waals surface area contributed by atoms with E-state index in [1.54, 1.807) is 6.07 Å². The number of aromatic nitrogens is 3. The molecule has 0 unspecified atom stereocenters. The summed E-state index contributed by atoms with van der Waals surface area (Å²) in [6, 6.07) is 4.27. The van der Waals surface area contributed by atoms with E-state index in [0.29, 0.717) is 6.04 Å². The third kappa shape index (κ3) is 1.68. The molecule has 3 heterocycles. The fraction of sp³-hybridized carbons (Fsp3) is 0.375. The van der Waals surface area contributed by atoms with E-state index < -0.39 is 0 Å². The fourth-order valence-corrected chi connectivity index (χ4v) is 3.49. The topological polar surface area (TPSA) is 51.9 Å². The first-order valence-corrected chi connectivity index (χ1v) is 7.37. The standard InChI is InChI=1S/C16H17N3O/c20-14-7-9-19(11-4-2-1-3-5-11)15-12-6-8-17-16(12)18-10-13(14)15/h6-11H,1-5H2,(H,17,18)/p+1. The van der Waals surface area contributed by atoms with Crippen molar-refractivity contribution in [3.05, 3.63) is 40.9 Å². The van der Waals surface area contributed by atoms with E-state index >= 15 is 0 Å². The molecule has 1 aliphatic rings. The predicted octanol–water partition coefficient (Wildman–Crippen LogP) is 2.80. The number of aromatic amines is 2. The average molecular weight is 268 g/mol. The van der Waals surface area contributed by atoms with Crippen LogP contribution in [0.2, 0.25) is 0 Å². The molecular weight excluding hydrogens is 250 g/mol. The SMILES string of the molecule is O=c1ccn(C2CCCCC2)c2c1c[nH+]c1[nH]ccc12. The Bertz CT molecular complexity index is 824. The van der Waals surface area contributed by atoms with E-state index in [0.717, 1.165) is 21.9 Å². The maximum atomic E-state index is 12.1. The zero-order valence-corrected chi connectivity index (χ0v) is 11.4. The summed E-state index contributed by atoms with van der Waals surface area (Å²) in [5, 5.41) is 1.89. The van der Waals surface area contributed by atoms with Crippen molar-refractivity contribution in [2.45, 2.75) is 38.1 Å². The first kappa shape index (κ1) is 11.7. The van der Waals surface area contributed by atoms with Crippen LogP contribution in [0.5, 0.6) is 0 Å². The normalized spacial score (nSPS) is 17.0. The molecule has 0 atom stereocenters. The number of fused-ring (bicyclic) bond motifs is 3. The molecule has 4 heteroatoms. The van der Waals surface area contributed by atoms with E-state index in [1.165, 1.54) is 32.1 Å². The minimum Gasteiger partial charge on any atom is -0.343 e. The van der Waals surface area contributed by atoms with Crippen LogP contribution in [0.1, 0.15) is 38.1 Å². The van der Waals surface area contributed by atoms with Crippen LogP contribution >= 0.6 is 0 Å². The summed E-state index contributed by atoms with van der Waals surface area (Å²) in [7, 11) is 0. The zero-order valence-electron chi connectivity index (χ0n) is 11.4. The molecule has 0 aromatic carbocycles. The van der Waals surface area contributed by atoms with Gasteiger partial charge in [0.05, 0.1) is 22.5 Å². The van der Waals surface area contributed by atoms with Crippen LogP contribution in [0.15, 0.2) is 35.5 Å². The second-order valence-corrected chi connectivity index (χ2v) is 5.70. The summed E-state index contributed by atoms with van der Waals surface area (Å²) >= 11 is 0. The molecule has 0 saturated heterocycles. The van der Waals surface area contributed by atoms with E-state index in [-0.39, 0.29) is 5.43 Å². The molecule has 0 amide bonds. The van der Waals surface area contributed by atoms with Crippen molar-refractivity contribution in [1.29, 1.82) is 0 Å². The molecule has 0 radical (unpaired) electrons. The van der Waals surface area contributed by atoms with Gasteiger partial charge < -0.3 is 4.57 Å². The lowest BCUT2D eigenvalue weighted by Crippen LogP contribution is -2.18. The second-order valence-electron chi connectivity index (χ2n) is 5.70.